The number of fused-ring (bicyclic) bond motifs is 1. The van der Waals surface area contributed by atoms with Crippen LogP contribution in [0.3, 0.4) is 0 Å². The van der Waals surface area contributed by atoms with Crippen molar-refractivity contribution in [3.05, 3.63) is 41.3 Å². The molecule has 0 aliphatic rings. The first-order valence-corrected chi connectivity index (χ1v) is 7.78. The van der Waals surface area contributed by atoms with Crippen molar-refractivity contribution in [2.24, 2.45) is 0 Å². The van der Waals surface area contributed by atoms with Crippen molar-refractivity contribution < 1.29 is 0 Å². The van der Waals surface area contributed by atoms with Gasteiger partial charge in [0.1, 0.15) is 5.82 Å². The Hall–Kier alpha value is -1.94. The molecule has 0 saturated heterocycles. The molecule has 3 aromatic rings. The fourth-order valence-electron chi connectivity index (χ4n) is 2.29. The molecular formula is C16H17N3S. The van der Waals surface area contributed by atoms with Gasteiger partial charge in [0.05, 0.1) is 10.4 Å². The van der Waals surface area contributed by atoms with Gasteiger partial charge in [0.2, 0.25) is 0 Å². The molecule has 0 spiro atoms. The molecule has 4 heteroatoms. The van der Waals surface area contributed by atoms with E-state index in [1.165, 1.54) is 10.4 Å². The van der Waals surface area contributed by atoms with Gasteiger partial charge in [-0.15, -0.1) is 11.3 Å². The number of anilines is 1. The zero-order chi connectivity index (χ0) is 13.9. The Morgan fingerprint density at radius 1 is 1.10 bits per heavy atom. The van der Waals surface area contributed by atoms with Crippen LogP contribution in [0.1, 0.15) is 19.4 Å². The molecule has 0 aliphatic heterocycles. The molecule has 3 rings (SSSR count). The molecule has 0 unspecified atom stereocenters. The van der Waals surface area contributed by atoms with Crippen molar-refractivity contribution in [1.29, 1.82) is 0 Å². The highest BCUT2D eigenvalue weighted by atomic mass is 32.1. The molecule has 0 radical (unpaired) electrons. The van der Waals surface area contributed by atoms with Gasteiger partial charge in [-0.2, -0.15) is 0 Å². The summed E-state index contributed by atoms with van der Waals surface area (Å²) in [5.41, 5.74) is 2.30. The van der Waals surface area contributed by atoms with Crippen LogP contribution in [0, 0.1) is 0 Å². The third-order valence-corrected chi connectivity index (χ3v) is 4.23. The number of nitrogens with zero attached hydrogens (tertiary/aromatic N) is 2. The minimum atomic E-state index is 0.825. The maximum Gasteiger partial charge on any atom is 0.172 e. The topological polar surface area (TPSA) is 37.8 Å². The van der Waals surface area contributed by atoms with E-state index in [9.17, 15) is 0 Å². The van der Waals surface area contributed by atoms with Gasteiger partial charge in [-0.25, -0.2) is 9.97 Å². The first-order chi connectivity index (χ1) is 9.83. The summed E-state index contributed by atoms with van der Waals surface area (Å²) in [5, 5.41) is 6.53. The Balaban J connectivity index is 2.21. The second kappa shape index (κ2) is 5.59. The van der Waals surface area contributed by atoms with E-state index in [4.69, 9.17) is 9.97 Å². The molecule has 0 fully saturated rings. The van der Waals surface area contributed by atoms with E-state index < -0.39 is 0 Å². The number of para-hydroxylation sites is 1. The Kier molecular flexibility index (Phi) is 3.65. The number of rotatable bonds is 4. The van der Waals surface area contributed by atoms with Gasteiger partial charge in [0.25, 0.3) is 0 Å². The molecular weight excluding hydrogens is 266 g/mol. The van der Waals surface area contributed by atoms with E-state index in [0.29, 0.717) is 0 Å². The molecule has 102 valence electrons. The average Bonchev–Trinajstić information content (AvgIpc) is 2.96. The normalized spacial score (nSPS) is 10.9. The summed E-state index contributed by atoms with van der Waals surface area (Å²) in [5.74, 6) is 1.75. The highest BCUT2D eigenvalue weighted by Crippen LogP contribution is 2.30. The van der Waals surface area contributed by atoms with Gasteiger partial charge in [-0.3, -0.25) is 0 Å². The fourth-order valence-corrected chi connectivity index (χ4v) is 3.22. The van der Waals surface area contributed by atoms with E-state index >= 15 is 0 Å². The van der Waals surface area contributed by atoms with Crippen LogP contribution in [-0.4, -0.2) is 16.5 Å². The summed E-state index contributed by atoms with van der Waals surface area (Å²) in [6.07, 6.45) is 1.01. The van der Waals surface area contributed by atoms with Crippen LogP contribution in [0.5, 0.6) is 0 Å². The van der Waals surface area contributed by atoms with E-state index in [1.54, 1.807) is 11.3 Å². The molecule has 0 saturated carbocycles. The van der Waals surface area contributed by atoms with Crippen LogP contribution >= 0.6 is 11.3 Å². The van der Waals surface area contributed by atoms with E-state index in [-0.39, 0.29) is 0 Å². The molecule has 1 aromatic carbocycles. The zero-order valence-corrected chi connectivity index (χ0v) is 12.5. The number of aromatic nitrogens is 2. The van der Waals surface area contributed by atoms with Crippen LogP contribution in [0.15, 0.2) is 35.7 Å². The van der Waals surface area contributed by atoms with Crippen LogP contribution in [0.25, 0.3) is 21.6 Å². The lowest BCUT2D eigenvalue weighted by atomic mass is 10.2. The third-order valence-electron chi connectivity index (χ3n) is 3.28. The van der Waals surface area contributed by atoms with Crippen LogP contribution in [0.4, 0.5) is 5.82 Å². The van der Waals surface area contributed by atoms with Gasteiger partial charge in [0, 0.05) is 11.9 Å². The molecule has 0 aliphatic carbocycles. The summed E-state index contributed by atoms with van der Waals surface area (Å²) in [4.78, 5) is 10.6. The van der Waals surface area contributed by atoms with Crippen molar-refractivity contribution in [1.82, 2.24) is 9.97 Å². The molecule has 0 amide bonds. The van der Waals surface area contributed by atoms with Crippen molar-refractivity contribution in [3.63, 3.8) is 0 Å². The maximum atomic E-state index is 4.73. The summed E-state index contributed by atoms with van der Waals surface area (Å²) >= 11 is 1.71. The van der Waals surface area contributed by atoms with Gasteiger partial charge >= 0.3 is 0 Å². The fraction of sp³-hybridized carbons (Fsp3) is 0.250. The Labute approximate surface area is 122 Å². The molecule has 20 heavy (non-hydrogen) atoms. The monoisotopic (exact) mass is 283 g/mol. The van der Waals surface area contributed by atoms with Crippen molar-refractivity contribution in [3.8, 4) is 10.7 Å². The van der Waals surface area contributed by atoms with E-state index in [0.717, 1.165) is 35.5 Å². The minimum absolute atomic E-state index is 0.825. The first kappa shape index (κ1) is 13.1. The van der Waals surface area contributed by atoms with Crippen molar-refractivity contribution in [2.75, 3.05) is 11.9 Å². The Bertz CT molecular complexity index is 733. The molecule has 1 N–H and O–H groups in total. The Morgan fingerprint density at radius 3 is 2.75 bits per heavy atom. The highest BCUT2D eigenvalue weighted by molar-refractivity contribution is 7.13. The lowest BCUT2D eigenvalue weighted by molar-refractivity contribution is 1.12. The van der Waals surface area contributed by atoms with Gasteiger partial charge in [0.15, 0.2) is 5.82 Å². The number of hydrogen-bond acceptors (Lipinski definition) is 4. The van der Waals surface area contributed by atoms with E-state index in [2.05, 4.69) is 36.7 Å². The van der Waals surface area contributed by atoms with Gasteiger partial charge in [-0.05, 0) is 42.5 Å². The largest absolute Gasteiger partial charge is 0.370 e. The van der Waals surface area contributed by atoms with Crippen molar-refractivity contribution in [2.45, 2.75) is 20.3 Å². The quantitative estimate of drug-likeness (QED) is 0.773. The number of hydrogen-bond donors (Lipinski definition) is 1. The summed E-state index contributed by atoms with van der Waals surface area (Å²) in [6.45, 7) is 5.10. The summed E-state index contributed by atoms with van der Waals surface area (Å²) in [7, 11) is 0. The van der Waals surface area contributed by atoms with Gasteiger partial charge < -0.3 is 5.32 Å². The zero-order valence-electron chi connectivity index (χ0n) is 11.7. The number of nitrogens with one attached hydrogen (secondary N) is 1. The minimum Gasteiger partial charge on any atom is -0.370 e. The second-order valence-electron chi connectivity index (χ2n) is 4.57. The number of aryl methyl sites for hydroxylation is 1. The lowest BCUT2D eigenvalue weighted by Gasteiger charge is -2.09. The second-order valence-corrected chi connectivity index (χ2v) is 5.49. The predicted octanol–water partition coefficient (Wildman–Crippen LogP) is 4.35. The number of thiophene rings is 1. The van der Waals surface area contributed by atoms with Crippen molar-refractivity contribution >= 4 is 28.1 Å². The maximum absolute atomic E-state index is 4.73. The first-order valence-electron chi connectivity index (χ1n) is 6.90. The highest BCUT2D eigenvalue weighted by Gasteiger charge is 2.12. The standard InChI is InChI=1S/C16H17N3S/c1-3-11-9-10-20-14(11)16-18-13-8-6-5-7-12(13)15(19-16)17-4-2/h5-10H,3-4H2,1-2H3,(H,17,18,19). The smallest absolute Gasteiger partial charge is 0.172 e. The SMILES string of the molecule is CCNc1nc(-c2sccc2CC)nc2ccccc12. The van der Waals surface area contributed by atoms with Crippen LogP contribution < -0.4 is 5.32 Å². The number of benzene rings is 1. The molecule has 3 nitrogen and oxygen atoms in total. The van der Waals surface area contributed by atoms with E-state index in [1.807, 2.05) is 18.2 Å². The third kappa shape index (κ3) is 2.27. The summed E-state index contributed by atoms with van der Waals surface area (Å²) in [6, 6.07) is 10.3. The molecule has 0 bridgehead atoms. The lowest BCUT2D eigenvalue weighted by Crippen LogP contribution is -2.02. The molecule has 2 aromatic heterocycles. The average molecular weight is 283 g/mol. The summed E-state index contributed by atoms with van der Waals surface area (Å²) < 4.78 is 0. The Morgan fingerprint density at radius 2 is 1.95 bits per heavy atom. The van der Waals surface area contributed by atoms with Gasteiger partial charge in [-0.1, -0.05) is 19.1 Å². The van der Waals surface area contributed by atoms with Crippen LogP contribution in [-0.2, 0) is 6.42 Å². The molecule has 2 heterocycles. The van der Waals surface area contributed by atoms with Crippen LogP contribution in [0.2, 0.25) is 0 Å². The predicted molar refractivity (Wildman–Crippen MR) is 86.4 cm³/mol. The molecule has 0 atom stereocenters.